The molecule has 6 nitrogen and oxygen atoms in total. The fourth-order valence-corrected chi connectivity index (χ4v) is 3.12. The highest BCUT2D eigenvalue weighted by Gasteiger charge is 2.27. The second-order valence-corrected chi connectivity index (χ2v) is 8.61. The Hall–Kier alpha value is -1.66. The zero-order valence-electron chi connectivity index (χ0n) is 16.2. The number of urea groups is 1. The summed E-state index contributed by atoms with van der Waals surface area (Å²) in [6.07, 6.45) is 1.10. The average molecular weight is 416 g/mol. The van der Waals surface area contributed by atoms with E-state index in [2.05, 4.69) is 5.32 Å². The minimum atomic E-state index is -0.505. The van der Waals surface area contributed by atoms with Gasteiger partial charge in [0.1, 0.15) is 5.60 Å². The van der Waals surface area contributed by atoms with E-state index in [4.69, 9.17) is 27.9 Å². The van der Waals surface area contributed by atoms with Crippen LogP contribution in [0.3, 0.4) is 0 Å². The number of nitrogens with zero attached hydrogens (tertiary/aromatic N) is 2. The maximum atomic E-state index is 12.4. The fraction of sp³-hybridized carbons (Fsp3) is 0.579. The van der Waals surface area contributed by atoms with E-state index in [-0.39, 0.29) is 18.2 Å². The molecule has 0 spiro atoms. The van der Waals surface area contributed by atoms with Crippen LogP contribution in [0.15, 0.2) is 18.2 Å². The first-order chi connectivity index (χ1) is 12.5. The van der Waals surface area contributed by atoms with Gasteiger partial charge in [0, 0.05) is 32.7 Å². The molecule has 150 valence electrons. The molecule has 0 aromatic heterocycles. The average Bonchev–Trinajstić information content (AvgIpc) is 2.57. The molecule has 2 rings (SSSR count). The van der Waals surface area contributed by atoms with Crippen molar-refractivity contribution in [1.29, 1.82) is 0 Å². The minimum Gasteiger partial charge on any atom is -0.444 e. The Kier molecular flexibility index (Phi) is 7.23. The Balaban J connectivity index is 1.79. The summed E-state index contributed by atoms with van der Waals surface area (Å²) in [5, 5.41) is 3.98. The Bertz CT molecular complexity index is 683. The number of piperidine rings is 1. The van der Waals surface area contributed by atoms with Crippen LogP contribution in [0.1, 0.15) is 39.2 Å². The van der Waals surface area contributed by atoms with Crippen LogP contribution in [0, 0.1) is 0 Å². The van der Waals surface area contributed by atoms with Gasteiger partial charge in [0.2, 0.25) is 0 Å². The lowest BCUT2D eigenvalue weighted by Gasteiger charge is -2.34. The fourth-order valence-electron chi connectivity index (χ4n) is 2.80. The van der Waals surface area contributed by atoms with Crippen molar-refractivity contribution in [2.75, 3.05) is 20.1 Å². The smallest absolute Gasteiger partial charge is 0.410 e. The highest BCUT2D eigenvalue weighted by atomic mass is 35.5. The van der Waals surface area contributed by atoms with E-state index in [9.17, 15) is 9.59 Å². The molecule has 1 aliphatic rings. The standard InChI is InChI=1S/C19H27Cl2N3O3/c1-19(2,3)27-18(26)24-9-7-14(8-10-24)22-17(25)23(4)12-13-5-6-15(20)16(21)11-13/h5-6,11,14H,7-10,12H2,1-4H3,(H,22,25). The second kappa shape index (κ2) is 9.02. The molecule has 1 N–H and O–H groups in total. The molecule has 0 bridgehead atoms. The topological polar surface area (TPSA) is 61.9 Å². The summed E-state index contributed by atoms with van der Waals surface area (Å²) in [4.78, 5) is 27.8. The zero-order valence-corrected chi connectivity index (χ0v) is 17.7. The van der Waals surface area contributed by atoms with Gasteiger partial charge in [-0.2, -0.15) is 0 Å². The third-order valence-electron chi connectivity index (χ3n) is 4.22. The van der Waals surface area contributed by atoms with Gasteiger partial charge in [-0.25, -0.2) is 9.59 Å². The number of ether oxygens (including phenoxy) is 1. The predicted molar refractivity (Wildman–Crippen MR) is 107 cm³/mol. The molecule has 1 aliphatic heterocycles. The van der Waals surface area contributed by atoms with Gasteiger partial charge >= 0.3 is 12.1 Å². The number of amides is 3. The number of nitrogens with one attached hydrogen (secondary N) is 1. The second-order valence-electron chi connectivity index (χ2n) is 7.80. The number of hydrogen-bond acceptors (Lipinski definition) is 3. The minimum absolute atomic E-state index is 0.0347. The lowest BCUT2D eigenvalue weighted by Crippen LogP contribution is -2.50. The summed E-state index contributed by atoms with van der Waals surface area (Å²) in [7, 11) is 1.73. The van der Waals surface area contributed by atoms with Crippen LogP contribution < -0.4 is 5.32 Å². The van der Waals surface area contributed by atoms with Gasteiger partial charge in [0.25, 0.3) is 0 Å². The summed E-state index contributed by atoms with van der Waals surface area (Å²) in [5.41, 5.74) is 0.400. The van der Waals surface area contributed by atoms with Crippen molar-refractivity contribution < 1.29 is 14.3 Å². The van der Waals surface area contributed by atoms with E-state index in [0.29, 0.717) is 42.5 Å². The first-order valence-electron chi connectivity index (χ1n) is 8.98. The summed E-state index contributed by atoms with van der Waals surface area (Å²) in [5.74, 6) is 0. The van der Waals surface area contributed by atoms with Crippen LogP contribution in [-0.4, -0.2) is 53.7 Å². The monoisotopic (exact) mass is 415 g/mol. The van der Waals surface area contributed by atoms with Crippen LogP contribution >= 0.6 is 23.2 Å². The Morgan fingerprint density at radius 2 is 1.85 bits per heavy atom. The third kappa shape index (κ3) is 6.78. The van der Waals surface area contributed by atoms with Crippen LogP contribution in [0.4, 0.5) is 9.59 Å². The molecule has 1 saturated heterocycles. The van der Waals surface area contributed by atoms with Crippen LogP contribution in [-0.2, 0) is 11.3 Å². The largest absolute Gasteiger partial charge is 0.444 e. The number of carbonyl (C=O) groups is 2. The summed E-state index contributed by atoms with van der Waals surface area (Å²) < 4.78 is 5.39. The van der Waals surface area contributed by atoms with Gasteiger partial charge in [-0.3, -0.25) is 0 Å². The van der Waals surface area contributed by atoms with Crippen molar-refractivity contribution in [2.45, 2.75) is 51.8 Å². The van der Waals surface area contributed by atoms with E-state index in [1.165, 1.54) is 0 Å². The predicted octanol–water partition coefficient (Wildman–Crippen LogP) is 4.53. The lowest BCUT2D eigenvalue weighted by atomic mass is 10.1. The Morgan fingerprint density at radius 3 is 2.41 bits per heavy atom. The highest BCUT2D eigenvalue weighted by molar-refractivity contribution is 6.42. The van der Waals surface area contributed by atoms with Gasteiger partial charge in [-0.05, 0) is 51.3 Å². The normalized spacial score (nSPS) is 15.4. The van der Waals surface area contributed by atoms with E-state index < -0.39 is 5.60 Å². The molecule has 3 amide bonds. The molecule has 1 heterocycles. The molecule has 27 heavy (non-hydrogen) atoms. The van der Waals surface area contributed by atoms with Gasteiger partial charge in [0.05, 0.1) is 10.0 Å². The van der Waals surface area contributed by atoms with Crippen molar-refractivity contribution in [1.82, 2.24) is 15.1 Å². The first-order valence-corrected chi connectivity index (χ1v) is 9.74. The maximum absolute atomic E-state index is 12.4. The van der Waals surface area contributed by atoms with E-state index in [0.717, 1.165) is 5.56 Å². The molecule has 0 saturated carbocycles. The number of benzene rings is 1. The summed E-state index contributed by atoms with van der Waals surface area (Å²) >= 11 is 11.9. The molecule has 0 radical (unpaired) electrons. The van der Waals surface area contributed by atoms with E-state index in [1.807, 2.05) is 26.8 Å². The third-order valence-corrected chi connectivity index (χ3v) is 4.96. The van der Waals surface area contributed by atoms with Gasteiger partial charge in [-0.15, -0.1) is 0 Å². The Morgan fingerprint density at radius 1 is 1.22 bits per heavy atom. The zero-order chi connectivity index (χ0) is 20.2. The van der Waals surface area contributed by atoms with Crippen LogP contribution in [0.5, 0.6) is 0 Å². The number of carbonyl (C=O) groups excluding carboxylic acids is 2. The number of halogens is 2. The summed E-state index contributed by atoms with van der Waals surface area (Å²) in [6.45, 7) is 7.11. The molecular weight excluding hydrogens is 389 g/mol. The quantitative estimate of drug-likeness (QED) is 0.788. The lowest BCUT2D eigenvalue weighted by molar-refractivity contribution is 0.0200. The molecular formula is C19H27Cl2N3O3. The first kappa shape index (κ1) is 21.6. The summed E-state index contributed by atoms with van der Waals surface area (Å²) in [6, 6.07) is 5.20. The van der Waals surface area contributed by atoms with Crippen LogP contribution in [0.25, 0.3) is 0 Å². The van der Waals surface area contributed by atoms with Gasteiger partial charge in [0.15, 0.2) is 0 Å². The SMILES string of the molecule is CN(Cc1ccc(Cl)c(Cl)c1)C(=O)NC1CCN(C(=O)OC(C)(C)C)CC1. The van der Waals surface area contributed by atoms with Crippen molar-refractivity contribution >= 4 is 35.3 Å². The number of rotatable bonds is 3. The molecule has 1 fully saturated rings. The van der Waals surface area contributed by atoms with Crippen molar-refractivity contribution in [3.8, 4) is 0 Å². The van der Waals surface area contributed by atoms with E-state index >= 15 is 0 Å². The molecule has 1 aromatic rings. The molecule has 0 atom stereocenters. The highest BCUT2D eigenvalue weighted by Crippen LogP contribution is 2.23. The van der Waals surface area contributed by atoms with E-state index in [1.54, 1.807) is 29.0 Å². The van der Waals surface area contributed by atoms with Crippen molar-refractivity contribution in [3.05, 3.63) is 33.8 Å². The number of hydrogen-bond donors (Lipinski definition) is 1. The van der Waals surface area contributed by atoms with Crippen molar-refractivity contribution in [2.24, 2.45) is 0 Å². The van der Waals surface area contributed by atoms with Crippen molar-refractivity contribution in [3.63, 3.8) is 0 Å². The maximum Gasteiger partial charge on any atom is 0.410 e. The van der Waals surface area contributed by atoms with Gasteiger partial charge < -0.3 is 19.9 Å². The number of likely N-dealkylation sites (tertiary alicyclic amines) is 1. The van der Waals surface area contributed by atoms with Crippen LogP contribution in [0.2, 0.25) is 10.0 Å². The molecule has 0 unspecified atom stereocenters. The Labute approximate surface area is 170 Å². The molecule has 0 aliphatic carbocycles. The molecule has 8 heteroatoms. The molecule has 1 aromatic carbocycles. The van der Waals surface area contributed by atoms with Gasteiger partial charge in [-0.1, -0.05) is 29.3 Å².